The van der Waals surface area contributed by atoms with Crippen molar-refractivity contribution < 1.29 is 13.2 Å². The third-order valence-electron chi connectivity index (χ3n) is 3.98. The average molecular weight is 346 g/mol. The van der Waals surface area contributed by atoms with E-state index >= 15 is 0 Å². The second kappa shape index (κ2) is 6.36. The predicted molar refractivity (Wildman–Crippen MR) is 95.9 cm³/mol. The lowest BCUT2D eigenvalue weighted by atomic mass is 10.1. The van der Waals surface area contributed by atoms with Gasteiger partial charge in [0.1, 0.15) is 5.75 Å². The molecule has 2 aromatic carbocycles. The molecule has 1 aliphatic rings. The second-order valence-electron chi connectivity index (χ2n) is 6.36. The second-order valence-corrected chi connectivity index (χ2v) is 8.22. The molecule has 0 aliphatic carbocycles. The number of nitrogens with two attached hydrogens (primary N) is 1. The van der Waals surface area contributed by atoms with Crippen LogP contribution >= 0.6 is 0 Å². The number of anilines is 2. The number of hydrogen-bond acceptors (Lipinski definition) is 4. The highest BCUT2D eigenvalue weighted by Gasteiger charge is 2.32. The number of nitrogens with zero attached hydrogens (tertiary/aromatic N) is 1. The van der Waals surface area contributed by atoms with E-state index < -0.39 is 10.0 Å². The van der Waals surface area contributed by atoms with Gasteiger partial charge in [0.05, 0.1) is 22.9 Å². The zero-order chi connectivity index (χ0) is 17.3. The fraction of sp³-hybridized carbons (Fsp3) is 0.333. The molecule has 6 heteroatoms. The third-order valence-corrected chi connectivity index (χ3v) is 5.79. The van der Waals surface area contributed by atoms with Gasteiger partial charge in [-0.1, -0.05) is 26.0 Å². The van der Waals surface area contributed by atoms with E-state index in [1.807, 2.05) is 12.1 Å². The van der Waals surface area contributed by atoms with Crippen molar-refractivity contribution in [2.45, 2.75) is 25.2 Å². The van der Waals surface area contributed by atoms with Crippen LogP contribution in [-0.2, 0) is 16.4 Å². The van der Waals surface area contributed by atoms with Crippen molar-refractivity contribution in [1.82, 2.24) is 0 Å². The molecule has 2 aromatic rings. The summed E-state index contributed by atoms with van der Waals surface area (Å²) in [5.74, 6) is 1.08. The molecule has 0 aromatic heterocycles. The number of benzene rings is 2. The van der Waals surface area contributed by atoms with Crippen molar-refractivity contribution in [3.63, 3.8) is 0 Å². The first-order valence-corrected chi connectivity index (χ1v) is 9.46. The maximum absolute atomic E-state index is 13.0. The number of hydrogen-bond donors (Lipinski definition) is 1. The first-order chi connectivity index (χ1) is 11.4. The molecule has 3 rings (SSSR count). The van der Waals surface area contributed by atoms with Gasteiger partial charge < -0.3 is 10.5 Å². The van der Waals surface area contributed by atoms with Gasteiger partial charge in [-0.15, -0.1) is 0 Å². The molecule has 0 atom stereocenters. The average Bonchev–Trinajstić information content (AvgIpc) is 2.99. The predicted octanol–water partition coefficient (Wildman–Crippen LogP) is 3.06. The molecule has 128 valence electrons. The van der Waals surface area contributed by atoms with Crippen LogP contribution in [0, 0.1) is 5.92 Å². The lowest BCUT2D eigenvalue weighted by Gasteiger charge is -2.21. The van der Waals surface area contributed by atoms with Crippen LogP contribution in [0.1, 0.15) is 19.4 Å². The highest BCUT2D eigenvalue weighted by atomic mass is 32.2. The molecule has 0 saturated heterocycles. The van der Waals surface area contributed by atoms with Crippen molar-refractivity contribution in [1.29, 1.82) is 0 Å². The Bertz CT molecular complexity index is 830. The largest absolute Gasteiger partial charge is 0.493 e. The summed E-state index contributed by atoms with van der Waals surface area (Å²) in [6.45, 7) is 5.14. The minimum absolute atomic E-state index is 0.246. The van der Waals surface area contributed by atoms with E-state index in [9.17, 15) is 8.42 Å². The highest BCUT2D eigenvalue weighted by molar-refractivity contribution is 7.92. The monoisotopic (exact) mass is 346 g/mol. The van der Waals surface area contributed by atoms with Crippen LogP contribution in [0.2, 0.25) is 0 Å². The van der Waals surface area contributed by atoms with E-state index in [-0.39, 0.29) is 4.90 Å². The van der Waals surface area contributed by atoms with Gasteiger partial charge >= 0.3 is 0 Å². The fourth-order valence-electron chi connectivity index (χ4n) is 2.79. The Morgan fingerprint density at radius 3 is 2.54 bits per heavy atom. The van der Waals surface area contributed by atoms with Crippen LogP contribution in [0.3, 0.4) is 0 Å². The summed E-state index contributed by atoms with van der Waals surface area (Å²) in [7, 11) is -3.62. The molecule has 0 fully saturated rings. The van der Waals surface area contributed by atoms with Crippen molar-refractivity contribution in [3.8, 4) is 5.75 Å². The van der Waals surface area contributed by atoms with Gasteiger partial charge in [0.15, 0.2) is 0 Å². The minimum atomic E-state index is -3.62. The zero-order valence-electron chi connectivity index (χ0n) is 13.9. The first-order valence-electron chi connectivity index (χ1n) is 8.02. The Kier molecular flexibility index (Phi) is 4.41. The molecule has 0 unspecified atom stereocenters. The summed E-state index contributed by atoms with van der Waals surface area (Å²) in [5, 5.41) is 0. The van der Waals surface area contributed by atoms with Gasteiger partial charge in [0.2, 0.25) is 0 Å². The van der Waals surface area contributed by atoms with Crippen molar-refractivity contribution in [3.05, 3.63) is 48.0 Å². The maximum atomic E-state index is 13.0. The van der Waals surface area contributed by atoms with Crippen molar-refractivity contribution >= 4 is 21.4 Å². The van der Waals surface area contributed by atoms with Crippen LogP contribution in [0.25, 0.3) is 0 Å². The van der Waals surface area contributed by atoms with Crippen LogP contribution in [0.15, 0.2) is 47.4 Å². The third kappa shape index (κ3) is 3.06. The molecule has 2 N–H and O–H groups in total. The first kappa shape index (κ1) is 16.6. The van der Waals surface area contributed by atoms with Crippen molar-refractivity contribution in [2.75, 3.05) is 23.2 Å². The van der Waals surface area contributed by atoms with E-state index in [1.165, 1.54) is 4.31 Å². The number of para-hydroxylation sites is 1. The van der Waals surface area contributed by atoms with E-state index in [0.29, 0.717) is 42.6 Å². The molecule has 1 heterocycles. The standard InChI is InChI=1S/C18H22N2O3S/c1-13(2)12-23-15-6-8-16(9-7-15)24(21,22)20-11-10-14-4-3-5-17(19)18(14)20/h3-9,13H,10-12,19H2,1-2H3. The molecule has 0 saturated carbocycles. The summed E-state index contributed by atoms with van der Waals surface area (Å²) in [4.78, 5) is 0.246. The number of nitrogen functional groups attached to an aromatic ring is 1. The zero-order valence-corrected chi connectivity index (χ0v) is 14.7. The van der Waals surface area contributed by atoms with E-state index in [1.54, 1.807) is 30.3 Å². The van der Waals surface area contributed by atoms with Crippen LogP contribution in [-0.4, -0.2) is 21.6 Å². The van der Waals surface area contributed by atoms with Gasteiger partial charge in [-0.25, -0.2) is 8.42 Å². The molecule has 24 heavy (non-hydrogen) atoms. The molecule has 0 radical (unpaired) electrons. The van der Waals surface area contributed by atoms with Crippen LogP contribution < -0.4 is 14.8 Å². The lowest BCUT2D eigenvalue weighted by Crippen LogP contribution is -2.29. The Balaban J connectivity index is 1.87. The Morgan fingerprint density at radius 2 is 1.88 bits per heavy atom. The van der Waals surface area contributed by atoms with Gasteiger partial charge in [-0.2, -0.15) is 0 Å². The number of ether oxygens (including phenoxy) is 1. The number of fused-ring (bicyclic) bond motifs is 1. The summed E-state index contributed by atoms with van der Waals surface area (Å²) >= 11 is 0. The molecule has 5 nitrogen and oxygen atoms in total. The van der Waals surface area contributed by atoms with Gasteiger partial charge in [-0.3, -0.25) is 4.31 Å². The Hall–Kier alpha value is -2.21. The topological polar surface area (TPSA) is 72.6 Å². The lowest BCUT2D eigenvalue weighted by molar-refractivity contribution is 0.271. The number of sulfonamides is 1. The molecular weight excluding hydrogens is 324 g/mol. The summed E-state index contributed by atoms with van der Waals surface area (Å²) in [6.07, 6.45) is 0.676. The molecule has 0 bridgehead atoms. The highest BCUT2D eigenvalue weighted by Crippen LogP contribution is 2.37. The Labute approximate surface area is 143 Å². The van der Waals surface area contributed by atoms with Gasteiger partial charge in [-0.05, 0) is 48.2 Å². The molecular formula is C18H22N2O3S. The van der Waals surface area contributed by atoms with E-state index in [4.69, 9.17) is 10.5 Å². The summed E-state index contributed by atoms with van der Waals surface area (Å²) in [6, 6.07) is 12.1. The Morgan fingerprint density at radius 1 is 1.17 bits per heavy atom. The van der Waals surface area contributed by atoms with Gasteiger partial charge in [0.25, 0.3) is 10.0 Å². The fourth-order valence-corrected chi connectivity index (χ4v) is 4.32. The van der Waals surface area contributed by atoms with Crippen LogP contribution in [0.5, 0.6) is 5.75 Å². The molecule has 0 spiro atoms. The van der Waals surface area contributed by atoms with E-state index in [2.05, 4.69) is 13.8 Å². The van der Waals surface area contributed by atoms with Crippen LogP contribution in [0.4, 0.5) is 11.4 Å². The smallest absolute Gasteiger partial charge is 0.264 e. The quantitative estimate of drug-likeness (QED) is 0.845. The molecule has 0 amide bonds. The minimum Gasteiger partial charge on any atom is -0.493 e. The summed E-state index contributed by atoms with van der Waals surface area (Å²) < 4.78 is 32.9. The van der Waals surface area contributed by atoms with Gasteiger partial charge in [0, 0.05) is 6.54 Å². The van der Waals surface area contributed by atoms with Crippen molar-refractivity contribution in [2.24, 2.45) is 5.92 Å². The normalized spacial score (nSPS) is 14.0. The van der Waals surface area contributed by atoms with E-state index in [0.717, 1.165) is 5.56 Å². The summed E-state index contributed by atoms with van der Waals surface area (Å²) in [5.41, 5.74) is 8.07. The number of rotatable bonds is 5. The SMILES string of the molecule is CC(C)COc1ccc(S(=O)(=O)N2CCc3cccc(N)c32)cc1. The molecule has 1 aliphatic heterocycles. The maximum Gasteiger partial charge on any atom is 0.264 e.